The SMILES string of the molecule is O=c1[nH]c(-c2ccncc2)nc(O)c1-c1ccccc1. The maximum Gasteiger partial charge on any atom is 0.262 e. The molecule has 2 aromatic heterocycles. The maximum absolute atomic E-state index is 12.2. The molecule has 20 heavy (non-hydrogen) atoms. The first-order valence-corrected chi connectivity index (χ1v) is 6.05. The molecule has 0 aliphatic heterocycles. The van der Waals surface area contributed by atoms with Crippen LogP contribution in [0.4, 0.5) is 0 Å². The van der Waals surface area contributed by atoms with Crippen molar-refractivity contribution in [3.63, 3.8) is 0 Å². The second kappa shape index (κ2) is 4.97. The standard InChI is InChI=1S/C15H11N3O2/c19-14-12(10-4-2-1-3-5-10)15(20)18-13(17-14)11-6-8-16-9-7-11/h1-9H,(H2,17,18,19,20). The lowest BCUT2D eigenvalue weighted by Crippen LogP contribution is -2.12. The predicted molar refractivity (Wildman–Crippen MR) is 75.2 cm³/mol. The van der Waals surface area contributed by atoms with E-state index in [-0.39, 0.29) is 17.0 Å². The van der Waals surface area contributed by atoms with Gasteiger partial charge in [0, 0.05) is 18.0 Å². The monoisotopic (exact) mass is 265 g/mol. The summed E-state index contributed by atoms with van der Waals surface area (Å²) in [6.45, 7) is 0. The van der Waals surface area contributed by atoms with E-state index in [1.54, 1.807) is 48.8 Å². The molecule has 0 atom stereocenters. The molecule has 0 radical (unpaired) electrons. The summed E-state index contributed by atoms with van der Waals surface area (Å²) < 4.78 is 0. The first-order valence-electron chi connectivity index (χ1n) is 6.05. The summed E-state index contributed by atoms with van der Waals surface area (Å²) in [5, 5.41) is 10.0. The highest BCUT2D eigenvalue weighted by molar-refractivity contribution is 5.69. The van der Waals surface area contributed by atoms with Crippen molar-refractivity contribution < 1.29 is 5.11 Å². The number of H-pyrrole nitrogens is 1. The molecule has 0 aliphatic carbocycles. The minimum atomic E-state index is -0.379. The molecule has 5 nitrogen and oxygen atoms in total. The van der Waals surface area contributed by atoms with E-state index in [0.717, 1.165) is 0 Å². The Morgan fingerprint density at radius 1 is 0.950 bits per heavy atom. The summed E-state index contributed by atoms with van der Waals surface area (Å²) in [4.78, 5) is 22.8. The number of hydrogen-bond acceptors (Lipinski definition) is 4. The van der Waals surface area contributed by atoms with Crippen molar-refractivity contribution >= 4 is 0 Å². The topological polar surface area (TPSA) is 78.9 Å². The van der Waals surface area contributed by atoms with Crippen molar-refractivity contribution in [2.75, 3.05) is 0 Å². The van der Waals surface area contributed by atoms with Crippen LogP contribution in [0, 0.1) is 0 Å². The zero-order valence-corrected chi connectivity index (χ0v) is 10.4. The van der Waals surface area contributed by atoms with Crippen LogP contribution >= 0.6 is 0 Å². The van der Waals surface area contributed by atoms with Crippen LogP contribution in [0.5, 0.6) is 5.88 Å². The van der Waals surface area contributed by atoms with E-state index >= 15 is 0 Å². The molecule has 3 rings (SSSR count). The molecule has 2 N–H and O–H groups in total. The number of aromatic nitrogens is 3. The Hall–Kier alpha value is -2.95. The summed E-state index contributed by atoms with van der Waals surface area (Å²) in [6, 6.07) is 12.3. The molecule has 0 aliphatic rings. The fourth-order valence-corrected chi connectivity index (χ4v) is 1.97. The lowest BCUT2D eigenvalue weighted by molar-refractivity contribution is 0.454. The van der Waals surface area contributed by atoms with Crippen molar-refractivity contribution in [3.8, 4) is 28.4 Å². The van der Waals surface area contributed by atoms with E-state index in [2.05, 4.69) is 15.0 Å². The number of hydrogen-bond donors (Lipinski definition) is 2. The van der Waals surface area contributed by atoms with Gasteiger partial charge in [0.15, 0.2) is 0 Å². The molecule has 1 aromatic carbocycles. The van der Waals surface area contributed by atoms with E-state index in [0.29, 0.717) is 17.0 Å². The van der Waals surface area contributed by atoms with Gasteiger partial charge in [-0.1, -0.05) is 30.3 Å². The average Bonchev–Trinajstić information content (AvgIpc) is 2.48. The van der Waals surface area contributed by atoms with Crippen molar-refractivity contribution in [1.29, 1.82) is 0 Å². The van der Waals surface area contributed by atoms with Gasteiger partial charge in [-0.3, -0.25) is 9.78 Å². The fraction of sp³-hybridized carbons (Fsp3) is 0. The maximum atomic E-state index is 12.2. The van der Waals surface area contributed by atoms with Crippen LogP contribution in [0.2, 0.25) is 0 Å². The second-order valence-corrected chi connectivity index (χ2v) is 4.22. The Balaban J connectivity index is 2.16. The molecule has 2 heterocycles. The molecular formula is C15H11N3O2. The van der Waals surface area contributed by atoms with Gasteiger partial charge in [-0.25, -0.2) is 0 Å². The summed E-state index contributed by atoms with van der Waals surface area (Å²) in [5.41, 5.74) is 1.10. The van der Waals surface area contributed by atoms with Gasteiger partial charge in [0.2, 0.25) is 5.88 Å². The molecule has 0 spiro atoms. The van der Waals surface area contributed by atoms with E-state index in [1.807, 2.05) is 6.07 Å². The van der Waals surface area contributed by atoms with Crippen LogP contribution in [-0.2, 0) is 0 Å². The molecular weight excluding hydrogens is 254 g/mol. The molecule has 3 aromatic rings. The zero-order valence-electron chi connectivity index (χ0n) is 10.4. The lowest BCUT2D eigenvalue weighted by atomic mass is 10.1. The first kappa shape index (κ1) is 12.1. The minimum absolute atomic E-state index is 0.170. The average molecular weight is 265 g/mol. The van der Waals surface area contributed by atoms with Crippen molar-refractivity contribution in [2.24, 2.45) is 0 Å². The summed E-state index contributed by atoms with van der Waals surface area (Å²) >= 11 is 0. The van der Waals surface area contributed by atoms with E-state index in [9.17, 15) is 9.90 Å². The van der Waals surface area contributed by atoms with Gasteiger partial charge < -0.3 is 10.1 Å². The van der Waals surface area contributed by atoms with Crippen LogP contribution in [0.1, 0.15) is 0 Å². The minimum Gasteiger partial charge on any atom is -0.493 e. The number of aromatic amines is 1. The Morgan fingerprint density at radius 2 is 1.65 bits per heavy atom. The largest absolute Gasteiger partial charge is 0.493 e. The van der Waals surface area contributed by atoms with Gasteiger partial charge in [-0.05, 0) is 17.7 Å². The highest BCUT2D eigenvalue weighted by Crippen LogP contribution is 2.24. The molecule has 0 bridgehead atoms. The Bertz CT molecular complexity index is 783. The highest BCUT2D eigenvalue weighted by atomic mass is 16.3. The van der Waals surface area contributed by atoms with Crippen molar-refractivity contribution in [2.45, 2.75) is 0 Å². The summed E-state index contributed by atoms with van der Waals surface area (Å²) in [5.74, 6) is 0.0290. The smallest absolute Gasteiger partial charge is 0.262 e. The highest BCUT2D eigenvalue weighted by Gasteiger charge is 2.13. The second-order valence-electron chi connectivity index (χ2n) is 4.22. The van der Waals surface area contributed by atoms with Gasteiger partial charge in [-0.15, -0.1) is 0 Å². The molecule has 98 valence electrons. The van der Waals surface area contributed by atoms with Crippen LogP contribution in [-0.4, -0.2) is 20.1 Å². The quantitative estimate of drug-likeness (QED) is 0.744. The molecule has 0 saturated carbocycles. The third-order valence-corrected chi connectivity index (χ3v) is 2.92. The third-order valence-electron chi connectivity index (χ3n) is 2.92. The first-order chi connectivity index (χ1) is 9.75. The lowest BCUT2D eigenvalue weighted by Gasteiger charge is -2.06. The van der Waals surface area contributed by atoms with E-state index in [1.165, 1.54) is 0 Å². The van der Waals surface area contributed by atoms with Crippen molar-refractivity contribution in [1.82, 2.24) is 15.0 Å². The van der Waals surface area contributed by atoms with Gasteiger partial charge in [0.05, 0.1) is 0 Å². The normalized spacial score (nSPS) is 10.4. The summed E-state index contributed by atoms with van der Waals surface area (Å²) in [6.07, 6.45) is 3.19. The number of pyridine rings is 1. The zero-order chi connectivity index (χ0) is 13.9. The summed E-state index contributed by atoms with van der Waals surface area (Å²) in [7, 11) is 0. The van der Waals surface area contributed by atoms with Crippen LogP contribution in [0.3, 0.4) is 0 Å². The van der Waals surface area contributed by atoms with Crippen LogP contribution < -0.4 is 5.56 Å². The van der Waals surface area contributed by atoms with Gasteiger partial charge in [-0.2, -0.15) is 4.98 Å². The molecule has 0 amide bonds. The van der Waals surface area contributed by atoms with Gasteiger partial charge in [0.25, 0.3) is 5.56 Å². The number of benzene rings is 1. The Labute approximate surface area is 114 Å². The number of rotatable bonds is 2. The van der Waals surface area contributed by atoms with E-state index < -0.39 is 0 Å². The van der Waals surface area contributed by atoms with Gasteiger partial charge in [0.1, 0.15) is 11.4 Å². The molecule has 0 unspecified atom stereocenters. The third kappa shape index (κ3) is 2.16. The molecule has 0 fully saturated rings. The fourth-order valence-electron chi connectivity index (χ4n) is 1.97. The molecule has 5 heteroatoms. The van der Waals surface area contributed by atoms with Crippen LogP contribution in [0.15, 0.2) is 59.7 Å². The van der Waals surface area contributed by atoms with Crippen LogP contribution in [0.25, 0.3) is 22.5 Å². The Kier molecular flexibility index (Phi) is 3.01. The van der Waals surface area contributed by atoms with Crippen molar-refractivity contribution in [3.05, 3.63) is 65.2 Å². The Morgan fingerprint density at radius 3 is 2.30 bits per heavy atom. The number of aromatic hydroxyl groups is 1. The molecule has 0 saturated heterocycles. The van der Waals surface area contributed by atoms with Gasteiger partial charge >= 0.3 is 0 Å². The number of nitrogens with one attached hydrogen (secondary N) is 1. The number of nitrogens with zero attached hydrogens (tertiary/aromatic N) is 2. The van der Waals surface area contributed by atoms with E-state index in [4.69, 9.17) is 0 Å². The predicted octanol–water partition coefficient (Wildman–Crippen LogP) is 2.20.